The molecule has 2 aliphatic rings. The lowest BCUT2D eigenvalue weighted by Crippen LogP contribution is -2.44. The summed E-state index contributed by atoms with van der Waals surface area (Å²) in [6.45, 7) is 0. The number of benzene rings is 1. The Morgan fingerprint density at radius 1 is 1.25 bits per heavy atom. The number of carbonyl (C=O) groups excluding carboxylic acids is 1. The third-order valence-corrected chi connectivity index (χ3v) is 5.57. The lowest BCUT2D eigenvalue weighted by Gasteiger charge is -2.36. The number of amides is 2. The van der Waals surface area contributed by atoms with Crippen LogP contribution < -0.4 is 11.1 Å². The largest absolute Gasteiger partial charge is 0.383 e. The average Bonchev–Trinajstić information content (AvgIpc) is 2.87. The summed E-state index contributed by atoms with van der Waals surface area (Å²) in [6.07, 6.45) is 4.37. The van der Waals surface area contributed by atoms with Crippen molar-refractivity contribution in [2.75, 3.05) is 11.1 Å². The van der Waals surface area contributed by atoms with Crippen molar-refractivity contribution in [3.63, 3.8) is 0 Å². The van der Waals surface area contributed by atoms with Gasteiger partial charge in [-0.3, -0.25) is 0 Å². The molecule has 1 saturated heterocycles. The van der Waals surface area contributed by atoms with Crippen LogP contribution >= 0.6 is 23.2 Å². The van der Waals surface area contributed by atoms with Crippen molar-refractivity contribution in [2.45, 2.75) is 31.3 Å². The van der Waals surface area contributed by atoms with Gasteiger partial charge in [0.1, 0.15) is 5.82 Å². The molecule has 0 saturated carbocycles. The van der Waals surface area contributed by atoms with Gasteiger partial charge in [0.05, 0.1) is 16.1 Å². The lowest BCUT2D eigenvalue weighted by molar-refractivity contribution is 0.179. The zero-order valence-electron chi connectivity index (χ0n) is 12.8. The van der Waals surface area contributed by atoms with Gasteiger partial charge < -0.3 is 16.0 Å². The molecule has 7 heteroatoms. The number of nitrogens with two attached hydrogens (primary N) is 1. The maximum Gasteiger partial charge on any atom is 0.322 e. The van der Waals surface area contributed by atoms with Crippen LogP contribution in [-0.2, 0) is 6.42 Å². The Morgan fingerprint density at radius 3 is 2.88 bits per heavy atom. The number of carbonyl (C=O) groups is 1. The van der Waals surface area contributed by atoms with Crippen LogP contribution in [0, 0.1) is 0 Å². The molecule has 2 amide bonds. The van der Waals surface area contributed by atoms with Crippen molar-refractivity contribution >= 4 is 40.7 Å². The van der Waals surface area contributed by atoms with E-state index in [1.807, 2.05) is 11.0 Å². The Balaban J connectivity index is 1.61. The lowest BCUT2D eigenvalue weighted by atomic mass is 9.94. The van der Waals surface area contributed by atoms with E-state index in [4.69, 9.17) is 28.9 Å². The van der Waals surface area contributed by atoms with E-state index >= 15 is 0 Å². The molecule has 124 valence electrons. The molecule has 1 fully saturated rings. The van der Waals surface area contributed by atoms with Crippen molar-refractivity contribution in [2.24, 2.45) is 0 Å². The van der Waals surface area contributed by atoms with Crippen LogP contribution in [0.5, 0.6) is 0 Å². The minimum Gasteiger partial charge on any atom is -0.383 e. The number of nitrogens with zero attached hydrogens (tertiary/aromatic N) is 2. The monoisotopic (exact) mass is 362 g/mol. The Kier molecular flexibility index (Phi) is 3.77. The van der Waals surface area contributed by atoms with E-state index in [2.05, 4.69) is 10.3 Å². The predicted octanol–water partition coefficient (Wildman–Crippen LogP) is 4.26. The fourth-order valence-electron chi connectivity index (χ4n) is 3.75. The molecule has 0 aliphatic carbocycles. The highest BCUT2D eigenvalue weighted by atomic mass is 35.5. The zero-order valence-corrected chi connectivity index (χ0v) is 14.3. The number of nitrogens with one attached hydrogen (secondary N) is 1. The number of hydrogen-bond donors (Lipinski definition) is 2. The molecule has 0 spiro atoms. The first-order valence-corrected chi connectivity index (χ1v) is 8.58. The summed E-state index contributed by atoms with van der Waals surface area (Å²) in [5.74, 6) is 0.578. The van der Waals surface area contributed by atoms with Crippen LogP contribution in [0.1, 0.15) is 30.0 Å². The van der Waals surface area contributed by atoms with Crippen LogP contribution in [0.15, 0.2) is 30.5 Å². The quantitative estimate of drug-likeness (QED) is 0.795. The average molecular weight is 363 g/mol. The smallest absolute Gasteiger partial charge is 0.322 e. The molecular weight excluding hydrogens is 347 g/mol. The van der Waals surface area contributed by atoms with Crippen LogP contribution in [0.2, 0.25) is 10.0 Å². The first-order valence-electron chi connectivity index (χ1n) is 7.82. The van der Waals surface area contributed by atoms with E-state index in [1.165, 1.54) is 0 Å². The van der Waals surface area contributed by atoms with Gasteiger partial charge in [0.15, 0.2) is 0 Å². The molecule has 2 aromatic rings. The SMILES string of the molecule is Nc1nccc2c1C[C@H]1CC[C@@H]2N1C(=O)Nc1ccc(Cl)c(Cl)c1. The number of halogens is 2. The number of fused-ring (bicyclic) bond motifs is 4. The van der Waals surface area contributed by atoms with Gasteiger partial charge in [-0.2, -0.15) is 0 Å². The summed E-state index contributed by atoms with van der Waals surface area (Å²) < 4.78 is 0. The van der Waals surface area contributed by atoms with Gasteiger partial charge in [-0.1, -0.05) is 23.2 Å². The highest BCUT2D eigenvalue weighted by Gasteiger charge is 2.43. The topological polar surface area (TPSA) is 71.2 Å². The second-order valence-electron chi connectivity index (χ2n) is 6.18. The Hall–Kier alpha value is -1.98. The van der Waals surface area contributed by atoms with Crippen molar-refractivity contribution in [1.82, 2.24) is 9.88 Å². The summed E-state index contributed by atoms with van der Waals surface area (Å²) in [5.41, 5.74) is 8.84. The van der Waals surface area contributed by atoms with E-state index in [1.54, 1.807) is 24.4 Å². The molecule has 2 atom stereocenters. The van der Waals surface area contributed by atoms with E-state index in [0.29, 0.717) is 21.6 Å². The highest BCUT2D eigenvalue weighted by molar-refractivity contribution is 6.42. The van der Waals surface area contributed by atoms with Crippen LogP contribution in [0.3, 0.4) is 0 Å². The van der Waals surface area contributed by atoms with Crippen molar-refractivity contribution in [3.05, 3.63) is 51.6 Å². The molecule has 0 radical (unpaired) electrons. The summed E-state index contributed by atoms with van der Waals surface area (Å²) in [5, 5.41) is 3.80. The fourth-order valence-corrected chi connectivity index (χ4v) is 4.05. The maximum absolute atomic E-state index is 12.8. The first-order chi connectivity index (χ1) is 11.5. The van der Waals surface area contributed by atoms with Gasteiger partial charge in [-0.15, -0.1) is 0 Å². The highest BCUT2D eigenvalue weighted by Crippen LogP contribution is 2.45. The second-order valence-corrected chi connectivity index (χ2v) is 7.00. The van der Waals surface area contributed by atoms with E-state index in [9.17, 15) is 4.79 Å². The van der Waals surface area contributed by atoms with Gasteiger partial charge in [0, 0.05) is 23.5 Å². The number of pyridine rings is 1. The second kappa shape index (κ2) is 5.83. The minimum atomic E-state index is -0.123. The number of nitrogen functional groups attached to an aromatic ring is 1. The van der Waals surface area contributed by atoms with E-state index in [0.717, 1.165) is 30.4 Å². The number of anilines is 2. The van der Waals surface area contributed by atoms with E-state index in [-0.39, 0.29) is 18.1 Å². The first kappa shape index (κ1) is 15.5. The summed E-state index contributed by atoms with van der Waals surface area (Å²) in [4.78, 5) is 18.9. The van der Waals surface area contributed by atoms with Crippen molar-refractivity contribution in [3.8, 4) is 0 Å². The summed E-state index contributed by atoms with van der Waals surface area (Å²) >= 11 is 11.9. The molecule has 2 aliphatic heterocycles. The fraction of sp³-hybridized carbons (Fsp3) is 0.294. The van der Waals surface area contributed by atoms with Gasteiger partial charge >= 0.3 is 6.03 Å². The molecule has 0 unspecified atom stereocenters. The standard InChI is InChI=1S/C17H16Cl2N4O/c18-13-3-1-9(7-14(13)19)22-17(24)23-10-2-4-15(23)11-5-6-21-16(20)12(11)8-10/h1,3,5-7,10,15H,2,4,8H2,(H2,20,21)(H,22,24)/t10-,15+/m1/s1. The molecule has 24 heavy (non-hydrogen) atoms. The van der Waals surface area contributed by atoms with Crippen molar-refractivity contribution < 1.29 is 4.79 Å². The van der Waals surface area contributed by atoms with Gasteiger partial charge in [0.2, 0.25) is 0 Å². The third-order valence-electron chi connectivity index (χ3n) is 4.83. The van der Waals surface area contributed by atoms with E-state index < -0.39 is 0 Å². The van der Waals surface area contributed by atoms with Crippen LogP contribution in [0.25, 0.3) is 0 Å². The van der Waals surface area contributed by atoms with Crippen molar-refractivity contribution in [1.29, 1.82) is 0 Å². The summed E-state index contributed by atoms with van der Waals surface area (Å²) in [6, 6.07) is 7.12. The van der Waals surface area contributed by atoms with Crippen LogP contribution in [-0.4, -0.2) is 22.0 Å². The Morgan fingerprint density at radius 2 is 2.08 bits per heavy atom. The molecule has 1 aromatic heterocycles. The number of urea groups is 1. The number of aromatic nitrogens is 1. The molecule has 4 rings (SSSR count). The van der Waals surface area contributed by atoms with Gasteiger partial charge in [-0.25, -0.2) is 9.78 Å². The third kappa shape index (κ3) is 2.48. The Labute approximate surface area is 149 Å². The molecule has 3 heterocycles. The minimum absolute atomic E-state index is 0.0480. The maximum atomic E-state index is 12.8. The normalized spacial score (nSPS) is 21.5. The molecule has 2 bridgehead atoms. The zero-order chi connectivity index (χ0) is 16.8. The molecule has 1 aromatic carbocycles. The summed E-state index contributed by atoms with van der Waals surface area (Å²) in [7, 11) is 0. The predicted molar refractivity (Wildman–Crippen MR) is 95.4 cm³/mol. The molecule has 5 nitrogen and oxygen atoms in total. The van der Waals surface area contributed by atoms with Gasteiger partial charge in [0.25, 0.3) is 0 Å². The molecule has 3 N–H and O–H groups in total. The Bertz CT molecular complexity index is 826. The number of hydrogen-bond acceptors (Lipinski definition) is 3. The molecular formula is C17H16Cl2N4O. The number of rotatable bonds is 1. The van der Waals surface area contributed by atoms with Crippen LogP contribution in [0.4, 0.5) is 16.3 Å². The van der Waals surface area contributed by atoms with Gasteiger partial charge in [-0.05, 0) is 49.1 Å².